The molecule has 0 rings (SSSR count). The van der Waals surface area contributed by atoms with Gasteiger partial charge < -0.3 is 14.3 Å². The van der Waals surface area contributed by atoms with Gasteiger partial charge in [0, 0.05) is 6.61 Å². The lowest BCUT2D eigenvalue weighted by Crippen LogP contribution is -2.47. The lowest BCUT2D eigenvalue weighted by atomic mass is 10.0. The molecule has 0 spiro atoms. The summed E-state index contributed by atoms with van der Waals surface area (Å²) in [5.41, 5.74) is 0. The first-order valence-corrected chi connectivity index (χ1v) is 20.6. The van der Waals surface area contributed by atoms with E-state index in [4.69, 9.17) is 4.74 Å². The largest absolute Gasteiger partial charge is 0.385 e. The molecule has 0 aromatic rings. The number of aliphatic hydroxyl groups excluding tert-OH is 1. The van der Waals surface area contributed by atoms with Crippen molar-refractivity contribution in [2.24, 2.45) is 0 Å². The van der Waals surface area contributed by atoms with E-state index in [0.29, 0.717) is 6.61 Å². The third-order valence-corrected chi connectivity index (χ3v) is 9.77. The van der Waals surface area contributed by atoms with E-state index in [-0.39, 0.29) is 6.10 Å². The molecule has 0 amide bonds. The van der Waals surface area contributed by atoms with Crippen LogP contribution in [-0.2, 0) is 4.74 Å². The molecule has 0 heterocycles. The fraction of sp³-hybridized carbons (Fsp3) is 1.00. The van der Waals surface area contributed by atoms with Crippen molar-refractivity contribution in [3.05, 3.63) is 0 Å². The Morgan fingerprint density at radius 2 is 0.682 bits per heavy atom. The quantitative estimate of drug-likeness (QED) is 0.0547. The van der Waals surface area contributed by atoms with Gasteiger partial charge in [-0.15, -0.1) is 0 Å². The minimum atomic E-state index is -0.341. The molecule has 0 fully saturated rings. The second-order valence-corrected chi connectivity index (χ2v) is 15.2. The van der Waals surface area contributed by atoms with E-state index >= 15 is 0 Å². The predicted molar refractivity (Wildman–Crippen MR) is 198 cm³/mol. The van der Waals surface area contributed by atoms with Crippen molar-refractivity contribution in [2.45, 2.75) is 225 Å². The number of likely N-dealkylation sites (N-methyl/N-ethyl adjacent to an activating group) is 1. The summed E-state index contributed by atoms with van der Waals surface area (Å²) in [4.78, 5) is 0. The summed E-state index contributed by atoms with van der Waals surface area (Å²) in [6.45, 7) is 7.87. The van der Waals surface area contributed by atoms with Crippen LogP contribution in [0.4, 0.5) is 0 Å². The van der Waals surface area contributed by atoms with Crippen LogP contribution in [0.3, 0.4) is 0 Å². The number of hydrogen-bond donors (Lipinski definition) is 1. The number of unbranched alkanes of at least 4 members (excludes halogenated alkanes) is 30. The van der Waals surface area contributed by atoms with E-state index in [2.05, 4.69) is 27.9 Å². The molecule has 266 valence electrons. The van der Waals surface area contributed by atoms with E-state index in [9.17, 15) is 5.11 Å². The molecule has 0 saturated heterocycles. The smallest absolute Gasteiger partial charge is 0.126 e. The fourth-order valence-electron chi connectivity index (χ4n) is 6.77. The van der Waals surface area contributed by atoms with Crippen molar-refractivity contribution in [2.75, 3.05) is 40.4 Å². The van der Waals surface area contributed by atoms with Crippen molar-refractivity contribution in [1.82, 2.24) is 0 Å². The summed E-state index contributed by atoms with van der Waals surface area (Å²) in [6, 6.07) is 0. The first kappa shape index (κ1) is 43.9. The van der Waals surface area contributed by atoms with E-state index in [0.717, 1.165) is 30.6 Å². The average molecular weight is 625 g/mol. The van der Waals surface area contributed by atoms with Gasteiger partial charge in [0.05, 0.1) is 27.2 Å². The van der Waals surface area contributed by atoms with Gasteiger partial charge in [0.15, 0.2) is 0 Å². The van der Waals surface area contributed by atoms with Gasteiger partial charge in [-0.25, -0.2) is 0 Å². The normalized spacial score (nSPS) is 12.8. The summed E-state index contributed by atoms with van der Waals surface area (Å²) in [5, 5.41) is 10.5. The average Bonchev–Trinajstić information content (AvgIpc) is 3.00. The maximum absolute atomic E-state index is 10.5. The predicted octanol–water partition coefficient (Wildman–Crippen LogP) is 13.0. The van der Waals surface area contributed by atoms with Gasteiger partial charge in [-0.2, -0.15) is 0 Å². The molecule has 3 nitrogen and oxygen atoms in total. The van der Waals surface area contributed by atoms with Crippen LogP contribution in [0, 0.1) is 0 Å². The highest BCUT2D eigenvalue weighted by Crippen LogP contribution is 2.16. The number of aliphatic hydroxyl groups is 1. The zero-order valence-electron chi connectivity index (χ0n) is 31.3. The summed E-state index contributed by atoms with van der Waals surface area (Å²) >= 11 is 0. The Morgan fingerprint density at radius 1 is 0.409 bits per heavy atom. The Kier molecular flexibility index (Phi) is 35.6. The van der Waals surface area contributed by atoms with Crippen LogP contribution in [-0.4, -0.2) is 56.1 Å². The molecule has 0 aromatic carbocycles. The molecule has 0 aliphatic rings. The van der Waals surface area contributed by atoms with Crippen molar-refractivity contribution in [3.8, 4) is 0 Å². The van der Waals surface area contributed by atoms with Gasteiger partial charge in [0.2, 0.25) is 0 Å². The Labute approximate surface area is 279 Å². The number of rotatable bonds is 38. The van der Waals surface area contributed by atoms with Crippen LogP contribution in [0.15, 0.2) is 0 Å². The van der Waals surface area contributed by atoms with Crippen LogP contribution in [0.1, 0.15) is 219 Å². The third kappa shape index (κ3) is 36.3. The van der Waals surface area contributed by atoms with Crippen LogP contribution < -0.4 is 0 Å². The van der Waals surface area contributed by atoms with E-state index < -0.39 is 0 Å². The van der Waals surface area contributed by atoms with Gasteiger partial charge in [0.1, 0.15) is 12.6 Å². The first-order valence-electron chi connectivity index (χ1n) is 20.6. The highest BCUT2D eigenvalue weighted by molar-refractivity contribution is 4.55. The molecular formula is C41H86NO2+. The topological polar surface area (TPSA) is 29.5 Å². The molecule has 1 atom stereocenters. The van der Waals surface area contributed by atoms with Crippen LogP contribution in [0.5, 0.6) is 0 Å². The number of quaternary nitrogens is 1. The molecule has 0 aromatic heterocycles. The molecule has 44 heavy (non-hydrogen) atoms. The SMILES string of the molecule is CCCCCCCCCCCCCCCCCCOCC(O)C[N+](C)(C)CCCCCCCCCCCCCCCCCC. The van der Waals surface area contributed by atoms with Crippen molar-refractivity contribution >= 4 is 0 Å². The highest BCUT2D eigenvalue weighted by Gasteiger charge is 2.20. The standard InChI is InChI=1S/C41H86NO2/c1-5-7-9-11-13-15-17-19-21-23-25-27-29-31-33-35-37-42(3,4)39-41(43)40-44-38-36-34-32-30-28-26-24-22-20-18-16-14-12-10-8-6-2/h41,43H,5-40H2,1-4H3/q+1. The zero-order chi connectivity index (χ0) is 32.2. The Morgan fingerprint density at radius 3 is 1.00 bits per heavy atom. The lowest BCUT2D eigenvalue weighted by Gasteiger charge is -2.32. The monoisotopic (exact) mass is 625 g/mol. The molecule has 0 radical (unpaired) electrons. The van der Waals surface area contributed by atoms with Gasteiger partial charge in [0.25, 0.3) is 0 Å². The van der Waals surface area contributed by atoms with Crippen molar-refractivity contribution < 1.29 is 14.3 Å². The minimum absolute atomic E-state index is 0.341. The summed E-state index contributed by atoms with van der Waals surface area (Å²) < 4.78 is 6.74. The molecule has 0 aliphatic heterocycles. The van der Waals surface area contributed by atoms with Crippen LogP contribution in [0.25, 0.3) is 0 Å². The first-order chi connectivity index (χ1) is 21.5. The number of ether oxygens (including phenoxy) is 1. The maximum Gasteiger partial charge on any atom is 0.126 e. The van der Waals surface area contributed by atoms with Crippen LogP contribution in [0.2, 0.25) is 0 Å². The van der Waals surface area contributed by atoms with Gasteiger partial charge in [-0.1, -0.05) is 200 Å². The molecule has 0 saturated carbocycles. The summed E-state index contributed by atoms with van der Waals surface area (Å²) in [6.07, 6.45) is 44.7. The zero-order valence-corrected chi connectivity index (χ0v) is 31.3. The van der Waals surface area contributed by atoms with E-state index in [1.807, 2.05) is 0 Å². The van der Waals surface area contributed by atoms with Crippen molar-refractivity contribution in [1.29, 1.82) is 0 Å². The third-order valence-electron chi connectivity index (χ3n) is 9.77. The molecule has 0 aliphatic carbocycles. The van der Waals surface area contributed by atoms with Crippen molar-refractivity contribution in [3.63, 3.8) is 0 Å². The second kappa shape index (κ2) is 35.7. The molecule has 3 heteroatoms. The van der Waals surface area contributed by atoms with E-state index in [1.165, 1.54) is 199 Å². The number of nitrogens with zero attached hydrogens (tertiary/aromatic N) is 1. The highest BCUT2D eigenvalue weighted by atomic mass is 16.5. The summed E-state index contributed by atoms with van der Waals surface area (Å²) in [5.74, 6) is 0. The molecular weight excluding hydrogens is 538 g/mol. The fourth-order valence-corrected chi connectivity index (χ4v) is 6.77. The van der Waals surface area contributed by atoms with Crippen LogP contribution >= 0.6 is 0 Å². The second-order valence-electron chi connectivity index (χ2n) is 15.2. The maximum atomic E-state index is 10.5. The Hall–Kier alpha value is -0.120. The lowest BCUT2D eigenvalue weighted by molar-refractivity contribution is -0.893. The minimum Gasteiger partial charge on any atom is -0.385 e. The number of hydrogen-bond acceptors (Lipinski definition) is 2. The molecule has 0 bridgehead atoms. The Bertz CT molecular complexity index is 523. The van der Waals surface area contributed by atoms with E-state index in [1.54, 1.807) is 0 Å². The summed E-state index contributed by atoms with van der Waals surface area (Å²) in [7, 11) is 4.54. The van der Waals surface area contributed by atoms with Gasteiger partial charge in [-0.05, 0) is 19.3 Å². The molecule has 1 unspecified atom stereocenters. The molecule has 1 N–H and O–H groups in total. The van der Waals surface area contributed by atoms with Gasteiger partial charge >= 0.3 is 0 Å². The Balaban J connectivity index is 3.37. The van der Waals surface area contributed by atoms with Gasteiger partial charge in [-0.3, -0.25) is 0 Å².